The van der Waals surface area contributed by atoms with Crippen LogP contribution in [0.5, 0.6) is 0 Å². The summed E-state index contributed by atoms with van der Waals surface area (Å²) in [4.78, 5) is 1.95. The lowest BCUT2D eigenvalue weighted by atomic mass is 9.85. The van der Waals surface area contributed by atoms with Gasteiger partial charge >= 0.3 is 0 Å². The molecule has 0 spiro atoms. The van der Waals surface area contributed by atoms with Gasteiger partial charge in [-0.3, -0.25) is 0 Å². The summed E-state index contributed by atoms with van der Waals surface area (Å²) in [6.45, 7) is 6.40. The van der Waals surface area contributed by atoms with Gasteiger partial charge < -0.3 is 4.90 Å². The Labute approximate surface area is 85.5 Å². The minimum Gasteiger partial charge on any atom is -0.377 e. The summed E-state index contributed by atoms with van der Waals surface area (Å²) >= 11 is 0. The standard InChI is InChI=1S/C12H18FN/c1-12(2,3)10-7-6-9(13)8-11(10)14(4)5/h6-8H,1-5H3. The lowest BCUT2D eigenvalue weighted by molar-refractivity contribution is 0.582. The summed E-state index contributed by atoms with van der Waals surface area (Å²) in [6, 6.07) is 4.97. The molecule has 0 aliphatic rings. The molecule has 0 bridgehead atoms. The number of hydrogen-bond donors (Lipinski definition) is 0. The summed E-state index contributed by atoms with van der Waals surface area (Å²) in [5.41, 5.74) is 2.18. The van der Waals surface area contributed by atoms with Gasteiger partial charge in [-0.25, -0.2) is 4.39 Å². The lowest BCUT2D eigenvalue weighted by Crippen LogP contribution is -2.19. The van der Waals surface area contributed by atoms with Crippen molar-refractivity contribution in [1.29, 1.82) is 0 Å². The first-order valence-electron chi connectivity index (χ1n) is 4.80. The van der Waals surface area contributed by atoms with Crippen molar-refractivity contribution in [1.82, 2.24) is 0 Å². The lowest BCUT2D eigenvalue weighted by Gasteiger charge is -2.26. The van der Waals surface area contributed by atoms with Crippen molar-refractivity contribution >= 4 is 5.69 Å². The van der Waals surface area contributed by atoms with Crippen LogP contribution in [0.3, 0.4) is 0 Å². The molecule has 1 aromatic rings. The molecule has 1 rings (SSSR count). The van der Waals surface area contributed by atoms with E-state index in [0.29, 0.717) is 0 Å². The molecule has 0 aliphatic heterocycles. The van der Waals surface area contributed by atoms with Gasteiger partial charge in [-0.15, -0.1) is 0 Å². The van der Waals surface area contributed by atoms with Crippen molar-refractivity contribution in [3.8, 4) is 0 Å². The molecule has 1 aromatic carbocycles. The minimum atomic E-state index is -0.179. The van der Waals surface area contributed by atoms with Gasteiger partial charge in [0.05, 0.1) is 0 Å². The zero-order chi connectivity index (χ0) is 10.9. The van der Waals surface area contributed by atoms with E-state index in [2.05, 4.69) is 20.8 Å². The molecule has 0 amide bonds. The van der Waals surface area contributed by atoms with Crippen molar-refractivity contribution in [3.63, 3.8) is 0 Å². The van der Waals surface area contributed by atoms with Crippen molar-refractivity contribution < 1.29 is 4.39 Å². The van der Waals surface area contributed by atoms with Gasteiger partial charge in [0.15, 0.2) is 0 Å². The third-order valence-electron chi connectivity index (χ3n) is 2.25. The predicted octanol–water partition coefficient (Wildman–Crippen LogP) is 3.19. The van der Waals surface area contributed by atoms with Crippen LogP contribution in [0.1, 0.15) is 26.3 Å². The smallest absolute Gasteiger partial charge is 0.125 e. The van der Waals surface area contributed by atoms with E-state index in [4.69, 9.17) is 0 Å². The van der Waals surface area contributed by atoms with Crippen molar-refractivity contribution in [2.75, 3.05) is 19.0 Å². The van der Waals surface area contributed by atoms with E-state index in [0.717, 1.165) is 5.69 Å². The Bertz CT molecular complexity index is 324. The highest BCUT2D eigenvalue weighted by molar-refractivity contribution is 5.55. The summed E-state index contributed by atoms with van der Waals surface area (Å²) < 4.78 is 13.1. The van der Waals surface area contributed by atoms with E-state index in [1.165, 1.54) is 11.6 Å². The van der Waals surface area contributed by atoms with Gasteiger partial charge in [-0.2, -0.15) is 0 Å². The fraction of sp³-hybridized carbons (Fsp3) is 0.500. The molecule has 0 atom stereocenters. The average molecular weight is 195 g/mol. The third-order valence-corrected chi connectivity index (χ3v) is 2.25. The zero-order valence-corrected chi connectivity index (χ0v) is 9.56. The van der Waals surface area contributed by atoms with E-state index in [9.17, 15) is 4.39 Å². The van der Waals surface area contributed by atoms with E-state index in [-0.39, 0.29) is 11.2 Å². The zero-order valence-electron chi connectivity index (χ0n) is 9.56. The topological polar surface area (TPSA) is 3.24 Å². The Morgan fingerprint density at radius 2 is 1.71 bits per heavy atom. The van der Waals surface area contributed by atoms with Crippen LogP contribution in [0.2, 0.25) is 0 Å². The van der Waals surface area contributed by atoms with E-state index in [1.54, 1.807) is 6.07 Å². The number of halogens is 1. The highest BCUT2D eigenvalue weighted by atomic mass is 19.1. The molecule has 0 radical (unpaired) electrons. The van der Waals surface area contributed by atoms with Crippen LogP contribution in [0.4, 0.5) is 10.1 Å². The van der Waals surface area contributed by atoms with Crippen molar-refractivity contribution in [2.45, 2.75) is 26.2 Å². The SMILES string of the molecule is CN(C)c1cc(F)ccc1C(C)(C)C. The molecule has 78 valence electrons. The second-order valence-electron chi connectivity index (χ2n) is 4.81. The van der Waals surface area contributed by atoms with Crippen LogP contribution >= 0.6 is 0 Å². The van der Waals surface area contributed by atoms with Crippen LogP contribution < -0.4 is 4.90 Å². The van der Waals surface area contributed by atoms with Gasteiger partial charge in [-0.05, 0) is 23.1 Å². The molecule has 1 nitrogen and oxygen atoms in total. The Balaban J connectivity index is 3.29. The number of nitrogens with zero attached hydrogens (tertiary/aromatic N) is 1. The third kappa shape index (κ3) is 2.25. The van der Waals surface area contributed by atoms with Crippen molar-refractivity contribution in [2.24, 2.45) is 0 Å². The maximum absolute atomic E-state index is 13.1. The van der Waals surface area contributed by atoms with Gasteiger partial charge in [0, 0.05) is 19.8 Å². The van der Waals surface area contributed by atoms with Gasteiger partial charge in [0.2, 0.25) is 0 Å². The molecule has 14 heavy (non-hydrogen) atoms. The molecule has 0 aromatic heterocycles. The summed E-state index contributed by atoms with van der Waals surface area (Å²) in [5.74, 6) is -0.179. The maximum Gasteiger partial charge on any atom is 0.125 e. The van der Waals surface area contributed by atoms with Crippen LogP contribution in [0.15, 0.2) is 18.2 Å². The number of rotatable bonds is 1. The highest BCUT2D eigenvalue weighted by Gasteiger charge is 2.19. The molecule has 0 saturated heterocycles. The van der Waals surface area contributed by atoms with E-state index < -0.39 is 0 Å². The molecule has 0 fully saturated rings. The summed E-state index contributed by atoms with van der Waals surface area (Å²) in [5, 5.41) is 0. The molecule has 0 unspecified atom stereocenters. The van der Waals surface area contributed by atoms with Crippen LogP contribution in [-0.2, 0) is 5.41 Å². The monoisotopic (exact) mass is 195 g/mol. The molecule has 0 N–H and O–H groups in total. The first-order chi connectivity index (χ1) is 6.32. The van der Waals surface area contributed by atoms with Crippen LogP contribution in [-0.4, -0.2) is 14.1 Å². The normalized spacial score (nSPS) is 11.6. The fourth-order valence-electron chi connectivity index (χ4n) is 1.51. The quantitative estimate of drug-likeness (QED) is 0.665. The Kier molecular flexibility index (Phi) is 2.84. The first-order valence-corrected chi connectivity index (χ1v) is 4.80. The molecular formula is C12H18FN. The number of benzene rings is 1. The van der Waals surface area contributed by atoms with Gasteiger partial charge in [0.25, 0.3) is 0 Å². The van der Waals surface area contributed by atoms with Crippen molar-refractivity contribution in [3.05, 3.63) is 29.6 Å². The van der Waals surface area contributed by atoms with Crippen LogP contribution in [0, 0.1) is 5.82 Å². The van der Waals surface area contributed by atoms with E-state index >= 15 is 0 Å². The fourth-order valence-corrected chi connectivity index (χ4v) is 1.51. The van der Waals surface area contributed by atoms with E-state index in [1.807, 2.05) is 25.1 Å². The molecule has 0 aliphatic carbocycles. The second kappa shape index (κ2) is 3.60. The first kappa shape index (κ1) is 11.0. The molecule has 0 heterocycles. The molecule has 2 heteroatoms. The van der Waals surface area contributed by atoms with Gasteiger partial charge in [-0.1, -0.05) is 26.8 Å². The minimum absolute atomic E-state index is 0.0489. The largest absolute Gasteiger partial charge is 0.377 e. The predicted molar refractivity (Wildman–Crippen MR) is 59.4 cm³/mol. The average Bonchev–Trinajstić information content (AvgIpc) is 2.01. The van der Waals surface area contributed by atoms with Crippen LogP contribution in [0.25, 0.3) is 0 Å². The molecular weight excluding hydrogens is 177 g/mol. The van der Waals surface area contributed by atoms with Gasteiger partial charge in [0.1, 0.15) is 5.82 Å². The maximum atomic E-state index is 13.1. The molecule has 0 saturated carbocycles. The number of anilines is 1. The Hall–Kier alpha value is -1.05. The highest BCUT2D eigenvalue weighted by Crippen LogP contribution is 2.31. The summed E-state index contributed by atoms with van der Waals surface area (Å²) in [6.07, 6.45) is 0. The second-order valence-corrected chi connectivity index (χ2v) is 4.81. The Morgan fingerprint density at radius 3 is 2.14 bits per heavy atom. The Morgan fingerprint density at radius 1 is 1.14 bits per heavy atom. The summed E-state index contributed by atoms with van der Waals surface area (Å²) in [7, 11) is 3.87. The number of hydrogen-bond acceptors (Lipinski definition) is 1.